The van der Waals surface area contributed by atoms with Crippen LogP contribution in [0.15, 0.2) is 55.5 Å². The number of H-pyrrole nitrogens is 1. The first-order valence-electron chi connectivity index (χ1n) is 11.8. The Morgan fingerprint density at radius 2 is 1.92 bits per heavy atom. The number of fused-ring (bicyclic) bond motifs is 1. The summed E-state index contributed by atoms with van der Waals surface area (Å²) in [5.41, 5.74) is 2.77. The predicted octanol–water partition coefficient (Wildman–Crippen LogP) is 4.10. The third kappa shape index (κ3) is 5.50. The molecule has 2 atom stereocenters. The van der Waals surface area contributed by atoms with Gasteiger partial charge in [0.25, 0.3) is 0 Å². The van der Waals surface area contributed by atoms with Crippen molar-refractivity contribution in [2.24, 2.45) is 0 Å². The van der Waals surface area contributed by atoms with Crippen LogP contribution in [-0.4, -0.2) is 48.1 Å². The fraction of sp³-hybridized carbons (Fsp3) is 0.280. The Balaban J connectivity index is 1.20. The van der Waals surface area contributed by atoms with Gasteiger partial charge < -0.3 is 16.0 Å². The van der Waals surface area contributed by atoms with Crippen LogP contribution in [0.2, 0.25) is 5.02 Å². The van der Waals surface area contributed by atoms with Crippen molar-refractivity contribution in [2.45, 2.75) is 44.3 Å². The highest BCUT2D eigenvalue weighted by Gasteiger charge is 2.23. The second-order valence-electron chi connectivity index (χ2n) is 8.67. The molecule has 184 valence electrons. The lowest BCUT2D eigenvalue weighted by atomic mass is 9.91. The third-order valence-corrected chi connectivity index (χ3v) is 6.43. The van der Waals surface area contributed by atoms with E-state index in [2.05, 4.69) is 47.7 Å². The molecular formula is C25H26ClN9O. The van der Waals surface area contributed by atoms with Crippen molar-refractivity contribution in [1.82, 2.24) is 35.5 Å². The molecule has 3 aromatic heterocycles. The number of hydrogen-bond acceptors (Lipinski definition) is 8. The minimum atomic E-state index is -0.292. The zero-order valence-electron chi connectivity index (χ0n) is 19.5. The highest BCUT2D eigenvalue weighted by atomic mass is 35.5. The summed E-state index contributed by atoms with van der Waals surface area (Å²) in [5.74, 6) is 0.908. The Labute approximate surface area is 213 Å². The molecular weight excluding hydrogens is 478 g/mol. The third-order valence-electron chi connectivity index (χ3n) is 6.15. The first-order chi connectivity index (χ1) is 17.6. The summed E-state index contributed by atoms with van der Waals surface area (Å²) < 4.78 is 0. The van der Waals surface area contributed by atoms with Gasteiger partial charge in [-0.25, -0.2) is 19.9 Å². The van der Waals surface area contributed by atoms with Gasteiger partial charge in [-0.05, 0) is 37.8 Å². The fourth-order valence-corrected chi connectivity index (χ4v) is 4.56. The van der Waals surface area contributed by atoms with Crippen molar-refractivity contribution in [2.75, 3.05) is 10.6 Å². The van der Waals surface area contributed by atoms with Crippen molar-refractivity contribution in [3.8, 4) is 11.4 Å². The molecule has 1 amide bonds. The SMILES string of the molecule is C=CC(=O)Nc1cnc(CN[C@H]2CCC[C@@H](Nc3ncc(Cl)c(-c4n[nH]c5ccccc45)n3)C2)nc1. The zero-order chi connectivity index (χ0) is 24.9. The summed E-state index contributed by atoms with van der Waals surface area (Å²) in [6.07, 6.45) is 10.1. The van der Waals surface area contributed by atoms with Crippen LogP contribution in [0, 0.1) is 0 Å². The topological polar surface area (TPSA) is 133 Å². The van der Waals surface area contributed by atoms with Gasteiger partial charge in [-0.2, -0.15) is 5.10 Å². The van der Waals surface area contributed by atoms with Crippen LogP contribution in [0.4, 0.5) is 11.6 Å². The Morgan fingerprint density at radius 1 is 1.11 bits per heavy atom. The van der Waals surface area contributed by atoms with E-state index in [9.17, 15) is 4.79 Å². The molecule has 0 bridgehead atoms. The molecule has 1 saturated carbocycles. The summed E-state index contributed by atoms with van der Waals surface area (Å²) in [5, 5.41) is 18.5. The number of hydrogen-bond donors (Lipinski definition) is 4. The Hall–Kier alpha value is -3.89. The Kier molecular flexibility index (Phi) is 7.15. The summed E-state index contributed by atoms with van der Waals surface area (Å²) in [7, 11) is 0. The molecule has 0 aliphatic heterocycles. The lowest BCUT2D eigenvalue weighted by molar-refractivity contribution is -0.111. The van der Waals surface area contributed by atoms with Crippen molar-refractivity contribution in [3.63, 3.8) is 0 Å². The molecule has 10 nitrogen and oxygen atoms in total. The molecule has 1 aliphatic carbocycles. The van der Waals surface area contributed by atoms with Gasteiger partial charge in [0.2, 0.25) is 11.9 Å². The summed E-state index contributed by atoms with van der Waals surface area (Å²) in [4.78, 5) is 29.1. The van der Waals surface area contributed by atoms with E-state index < -0.39 is 0 Å². The lowest BCUT2D eigenvalue weighted by Gasteiger charge is -2.30. The average Bonchev–Trinajstić information content (AvgIpc) is 3.33. The van der Waals surface area contributed by atoms with Crippen LogP contribution in [-0.2, 0) is 11.3 Å². The number of anilines is 2. The average molecular weight is 504 g/mol. The lowest BCUT2D eigenvalue weighted by Crippen LogP contribution is -2.39. The van der Waals surface area contributed by atoms with Gasteiger partial charge in [0.15, 0.2) is 0 Å². The normalized spacial score (nSPS) is 17.6. The van der Waals surface area contributed by atoms with E-state index in [0.29, 0.717) is 46.5 Å². The quantitative estimate of drug-likeness (QED) is 0.264. The number of halogens is 1. The number of rotatable bonds is 8. The molecule has 0 unspecified atom stereocenters. The molecule has 3 heterocycles. The molecule has 1 fully saturated rings. The molecule has 0 spiro atoms. The second kappa shape index (κ2) is 10.8. The van der Waals surface area contributed by atoms with Crippen LogP contribution in [0.3, 0.4) is 0 Å². The first kappa shape index (κ1) is 23.8. The van der Waals surface area contributed by atoms with E-state index in [-0.39, 0.29) is 11.9 Å². The van der Waals surface area contributed by atoms with Crippen molar-refractivity contribution < 1.29 is 4.79 Å². The van der Waals surface area contributed by atoms with Gasteiger partial charge in [0.05, 0.1) is 41.4 Å². The monoisotopic (exact) mass is 503 g/mol. The number of carbonyl (C=O) groups excluding carboxylic acids is 1. The van der Waals surface area contributed by atoms with Gasteiger partial charge >= 0.3 is 0 Å². The van der Waals surface area contributed by atoms with Crippen molar-refractivity contribution in [1.29, 1.82) is 0 Å². The van der Waals surface area contributed by atoms with Crippen LogP contribution in [0.5, 0.6) is 0 Å². The van der Waals surface area contributed by atoms with Crippen LogP contribution < -0.4 is 16.0 Å². The van der Waals surface area contributed by atoms with Crippen LogP contribution in [0.1, 0.15) is 31.5 Å². The second-order valence-corrected chi connectivity index (χ2v) is 9.08. The number of aromatic nitrogens is 6. The number of benzene rings is 1. The minimum Gasteiger partial charge on any atom is -0.351 e. The minimum absolute atomic E-state index is 0.221. The predicted molar refractivity (Wildman–Crippen MR) is 139 cm³/mol. The molecule has 36 heavy (non-hydrogen) atoms. The molecule has 4 aromatic rings. The van der Waals surface area contributed by atoms with E-state index in [0.717, 1.165) is 36.6 Å². The largest absolute Gasteiger partial charge is 0.351 e. The van der Waals surface area contributed by atoms with Crippen LogP contribution >= 0.6 is 11.6 Å². The van der Waals surface area contributed by atoms with Crippen molar-refractivity contribution in [3.05, 3.63) is 66.4 Å². The van der Waals surface area contributed by atoms with E-state index in [1.54, 1.807) is 18.6 Å². The maximum absolute atomic E-state index is 11.4. The van der Waals surface area contributed by atoms with E-state index >= 15 is 0 Å². The summed E-state index contributed by atoms with van der Waals surface area (Å²) in [6, 6.07) is 8.41. The number of aromatic amines is 1. The van der Waals surface area contributed by atoms with Gasteiger partial charge in [-0.15, -0.1) is 0 Å². The molecule has 0 saturated heterocycles. The number of amides is 1. The van der Waals surface area contributed by atoms with Gasteiger partial charge in [-0.3, -0.25) is 9.89 Å². The summed E-state index contributed by atoms with van der Waals surface area (Å²) in [6.45, 7) is 3.98. The van der Waals surface area contributed by atoms with Crippen LogP contribution in [0.25, 0.3) is 22.3 Å². The fourth-order valence-electron chi connectivity index (χ4n) is 4.38. The maximum atomic E-state index is 11.4. The van der Waals surface area contributed by atoms with E-state index in [1.165, 1.54) is 6.08 Å². The highest BCUT2D eigenvalue weighted by molar-refractivity contribution is 6.33. The zero-order valence-corrected chi connectivity index (χ0v) is 20.3. The van der Waals surface area contributed by atoms with Crippen molar-refractivity contribution >= 4 is 40.0 Å². The number of nitrogens with one attached hydrogen (secondary N) is 4. The molecule has 4 N–H and O–H groups in total. The van der Waals surface area contributed by atoms with E-state index in [1.807, 2.05) is 24.3 Å². The highest BCUT2D eigenvalue weighted by Crippen LogP contribution is 2.31. The molecule has 1 aliphatic rings. The first-order valence-corrected chi connectivity index (χ1v) is 12.2. The standard InChI is InChI=1S/C25H26ClN9O/c1-2-22(36)31-17-11-28-21(29-12-17)14-27-15-6-5-7-16(10-15)32-25-30-13-19(26)24(33-25)23-18-8-3-4-9-20(18)34-35-23/h2-4,8-9,11-13,15-16,27H,1,5-7,10,14H2,(H,31,36)(H,34,35)(H,30,32,33)/t15-,16+/m0/s1. The molecule has 0 radical (unpaired) electrons. The van der Waals surface area contributed by atoms with E-state index in [4.69, 9.17) is 16.6 Å². The molecule has 5 rings (SSSR count). The summed E-state index contributed by atoms with van der Waals surface area (Å²) >= 11 is 6.44. The maximum Gasteiger partial charge on any atom is 0.247 e. The smallest absolute Gasteiger partial charge is 0.247 e. The Bertz CT molecular complexity index is 1370. The molecule has 11 heteroatoms. The number of carbonyl (C=O) groups is 1. The molecule has 1 aromatic carbocycles. The van der Waals surface area contributed by atoms with Gasteiger partial charge in [-0.1, -0.05) is 36.4 Å². The van der Waals surface area contributed by atoms with Gasteiger partial charge in [0, 0.05) is 17.5 Å². The number of para-hydroxylation sites is 1. The number of nitrogens with zero attached hydrogens (tertiary/aromatic N) is 5. The Morgan fingerprint density at radius 3 is 2.75 bits per heavy atom. The van der Waals surface area contributed by atoms with Gasteiger partial charge in [0.1, 0.15) is 17.2 Å².